The number of rotatable bonds is 12. The van der Waals surface area contributed by atoms with Gasteiger partial charge in [-0.2, -0.15) is 108 Å². The Morgan fingerprint density at radius 3 is 0.992 bits per heavy atom. The number of nitriles is 2. The summed E-state index contributed by atoms with van der Waals surface area (Å²) in [5, 5.41) is 39.4. The molecular formula is C82H76F21ILiN13O7S2. The summed E-state index contributed by atoms with van der Waals surface area (Å²) >= 11 is 11.2. The molecule has 0 aliphatic carbocycles. The van der Waals surface area contributed by atoms with Crippen molar-refractivity contribution in [1.29, 1.82) is 10.5 Å². The number of aromatic amines is 1. The van der Waals surface area contributed by atoms with Crippen LogP contribution in [0, 0.1) is 71.1 Å². The second-order valence-electron chi connectivity index (χ2n) is 26.2. The molecule has 45 heteroatoms. The fraction of sp³-hybridized carbons (Fsp3) is 0.256. The third-order valence-corrected chi connectivity index (χ3v) is 15.3. The molecule has 0 unspecified atom stereocenters. The number of nitrogens with one attached hydrogen (secondary N) is 1. The monoisotopic (exact) mass is 1950 g/mol. The minimum Gasteiger partial charge on any atom is -0.870 e. The number of aliphatic carboxylic acids is 1. The Bertz CT molecular complexity index is 5370. The van der Waals surface area contributed by atoms with Gasteiger partial charge in [-0.1, -0.05) is 54.5 Å². The van der Waals surface area contributed by atoms with Gasteiger partial charge in [-0.05, 0) is 247 Å². The number of H-pyrrole nitrogens is 1. The molecule has 0 fully saturated rings. The molecule has 0 saturated carbocycles. The molecule has 20 nitrogen and oxygen atoms in total. The Hall–Kier alpha value is -11.8. The normalized spacial score (nSPS) is 11.3. The maximum atomic E-state index is 12.9. The zero-order valence-corrected chi connectivity index (χ0v) is 71.5. The van der Waals surface area contributed by atoms with Crippen molar-refractivity contribution in [1.82, 2.24) is 44.7 Å². The molecule has 0 aliphatic rings. The maximum absolute atomic E-state index is 12.9. The predicted molar refractivity (Wildman–Crippen MR) is 440 cm³/mol. The van der Waals surface area contributed by atoms with E-state index >= 15 is 0 Å². The summed E-state index contributed by atoms with van der Waals surface area (Å²) in [5.41, 5.74) is 9.96. The maximum Gasteiger partial charge on any atom is 1.00 e. The topological polar surface area (TPSA) is 323 Å². The second kappa shape index (κ2) is 50.5. The average Bonchev–Trinajstić information content (AvgIpc) is 1.76. The fourth-order valence-electron chi connectivity index (χ4n) is 9.61. The van der Waals surface area contributed by atoms with Gasteiger partial charge in [0.2, 0.25) is 0 Å². The number of carboxylic acids is 1. The van der Waals surface area contributed by atoms with E-state index in [1.807, 2.05) is 36.4 Å². The Morgan fingerprint density at radius 2 is 0.717 bits per heavy atom. The van der Waals surface area contributed by atoms with Crippen molar-refractivity contribution in [2.75, 3.05) is 0 Å². The van der Waals surface area contributed by atoms with Gasteiger partial charge in [-0.3, -0.25) is 5.10 Å². The van der Waals surface area contributed by atoms with Crippen LogP contribution in [0.5, 0.6) is 0 Å². The first-order chi connectivity index (χ1) is 57.0. The van der Waals surface area contributed by atoms with Gasteiger partial charge in [-0.25, -0.2) is 38.7 Å². The number of alkyl halides is 21. The minimum absolute atomic E-state index is 0. The molecule has 0 bridgehead atoms. The minimum atomic E-state index is -4.45. The van der Waals surface area contributed by atoms with Crippen LogP contribution in [0.3, 0.4) is 0 Å². The van der Waals surface area contributed by atoms with Gasteiger partial charge >= 0.3 is 80.0 Å². The summed E-state index contributed by atoms with van der Waals surface area (Å²) in [6, 6.07) is 27.9. The molecule has 0 saturated heterocycles. The molecule has 7 N–H and O–H groups in total. The number of nitrogens with two attached hydrogens (primary N) is 2. The number of nitrogens with zero attached hydrogens (tertiary/aromatic N) is 10. The van der Waals surface area contributed by atoms with E-state index in [2.05, 4.69) is 59.8 Å². The van der Waals surface area contributed by atoms with Gasteiger partial charge in [-0.15, -0.1) is 10.2 Å². The third kappa shape index (κ3) is 42.3. The summed E-state index contributed by atoms with van der Waals surface area (Å²) < 4.78 is 275. The number of esters is 2. The van der Waals surface area contributed by atoms with Gasteiger partial charge in [0.1, 0.15) is 29.0 Å². The number of aromatic nitrogens is 9. The number of ether oxygens (including phenoxy) is 2. The van der Waals surface area contributed by atoms with Crippen molar-refractivity contribution >= 4 is 87.3 Å². The van der Waals surface area contributed by atoms with Crippen LogP contribution in [0.15, 0.2) is 169 Å². The van der Waals surface area contributed by atoms with Crippen LogP contribution in [0.4, 0.5) is 92.2 Å². The van der Waals surface area contributed by atoms with Crippen LogP contribution in [0.25, 0.3) is 46.6 Å². The summed E-state index contributed by atoms with van der Waals surface area (Å²) in [7, 11) is 0. The van der Waals surface area contributed by atoms with Crippen LogP contribution in [-0.2, 0) is 67.1 Å². The summed E-state index contributed by atoms with van der Waals surface area (Å²) in [6.45, 7) is 18.0. The van der Waals surface area contributed by atoms with E-state index in [0.29, 0.717) is 50.3 Å². The summed E-state index contributed by atoms with van der Waals surface area (Å²) in [6.07, 6.45) is -21.4. The predicted octanol–water partition coefficient (Wildman–Crippen LogP) is 19.7. The van der Waals surface area contributed by atoms with Crippen LogP contribution >= 0.6 is 47.0 Å². The Balaban J connectivity index is 0.00000145. The SMILES string of the molecule is C.CC(C)OC(=O)/C=C\I.Cc1cc(-c2ncn(/C=C\C(=O)O)n2)cc(C(F)(F)F)c1.Cc1cc(-c2ncn(/C=C\C(=O)OC(C)C)n2)cc(C(F)(F)F)c1.Cc1cc(-c2ncn[nH]2)cc(C(F)(F)F)c1.Cc1cc(C#N)cc(C(F)(F)F)c1.Cc1cc(C#N)cc(C(F)(F)F)c1.Cc1cc(C(N)=S)cc(C(F)(F)F)c1.Cc1cc(C(N)=S)cc(C(F)(F)F)c1.[Li+].[OH-]. The Morgan fingerprint density at radius 1 is 0.441 bits per heavy atom. The molecule has 0 spiro atoms. The van der Waals surface area contributed by atoms with Crippen molar-refractivity contribution < 1.29 is 145 Å². The quantitative estimate of drug-likeness (QED) is 0.0220. The van der Waals surface area contributed by atoms with Crippen LogP contribution in [0.1, 0.15) is 135 Å². The first kappa shape index (κ1) is 115. The molecule has 3 aromatic heterocycles. The number of hydrogen-bond donors (Lipinski definition) is 4. The number of aryl methyl sites for hydroxylation is 7. The fourth-order valence-corrected chi connectivity index (χ4v) is 10.1. The number of thiocarbonyl (C=S) groups is 2. The van der Waals surface area contributed by atoms with Crippen LogP contribution in [-0.4, -0.2) is 95.4 Å². The average molecular weight is 1950 g/mol. The van der Waals surface area contributed by atoms with Gasteiger partial charge in [0.15, 0.2) is 17.5 Å². The molecule has 0 atom stereocenters. The molecule has 127 heavy (non-hydrogen) atoms. The largest absolute Gasteiger partial charge is 1.00 e. The van der Waals surface area contributed by atoms with Crippen molar-refractivity contribution in [3.63, 3.8) is 0 Å². The number of benzene rings is 7. The van der Waals surface area contributed by atoms with Crippen molar-refractivity contribution in [3.05, 3.63) is 269 Å². The molecule has 7 aromatic carbocycles. The Kier molecular flexibility index (Phi) is 45.8. The molecule has 3 heterocycles. The zero-order chi connectivity index (χ0) is 94.5. The van der Waals surface area contributed by atoms with Crippen molar-refractivity contribution in [2.24, 2.45) is 11.5 Å². The second-order valence-corrected chi connectivity index (χ2v) is 27.8. The van der Waals surface area contributed by atoms with E-state index in [1.54, 1.807) is 76.8 Å². The Labute approximate surface area is 749 Å². The van der Waals surface area contributed by atoms with Gasteiger partial charge in [0.25, 0.3) is 0 Å². The molecule has 10 rings (SSSR count). The number of hydrogen-bond acceptors (Lipinski definition) is 16. The first-order valence-corrected chi connectivity index (χ1v) is 36.8. The van der Waals surface area contributed by atoms with Crippen LogP contribution in [0.2, 0.25) is 0 Å². The van der Waals surface area contributed by atoms with E-state index < -0.39 is 94.1 Å². The molecule has 0 aliphatic heterocycles. The number of carboxylic acid groups (broad SMARTS) is 1. The van der Waals surface area contributed by atoms with Crippen molar-refractivity contribution in [2.45, 2.75) is 139 Å². The number of carbonyl (C=O) groups is 3. The smallest absolute Gasteiger partial charge is 0.870 e. The van der Waals surface area contributed by atoms with Crippen molar-refractivity contribution in [3.8, 4) is 46.3 Å². The van der Waals surface area contributed by atoms with Gasteiger partial charge < -0.3 is 31.5 Å². The van der Waals surface area contributed by atoms with E-state index in [1.165, 1.54) is 80.1 Å². The van der Waals surface area contributed by atoms with E-state index in [9.17, 15) is 107 Å². The molecule has 0 amide bonds. The number of carbonyl (C=O) groups excluding carboxylic acids is 2. The van der Waals surface area contributed by atoms with Gasteiger partial charge in [0.05, 0.1) is 74.4 Å². The van der Waals surface area contributed by atoms with E-state index in [0.717, 1.165) is 108 Å². The molecular weight excluding hydrogens is 1880 g/mol. The third-order valence-electron chi connectivity index (χ3n) is 14.5. The number of halogens is 22. The zero-order valence-electron chi connectivity index (χ0n) is 67.7. The van der Waals surface area contributed by atoms with Crippen LogP contribution < -0.4 is 30.3 Å². The molecule has 10 aromatic rings. The standard InChI is InChI=1S/C16H16F3N3O2.C13H10F3N3O2.C10H8F3N3.2C9H8F3NS.2C9H6F3N.C6H9IO2.CH4.Li.H2O/c1-10(2)24-14(23)4-5-22-9-20-15(21-22)12-6-11(3)7-13(8-12)16(17,18)19;1-8-4-9(6-10(5-8)13(14,15)16)12-17-7-19(18-12)3-2-11(20)21;1-6-2-7(9-14-5-15-16-9)4-8(3-6)10(11,12)13;2*1-5-2-6(8(13)14)4-7(3-5)9(10,11)12;2*1-6-2-7(5-13)4-8(3-6)9(10,11)12;1-5(2)9-6(8)3-4-7;;;/h4-10H,1-3H3;2-7H,1H3,(H,20,21);2-5H,1H3,(H,14,15,16);2*2-4H,1H3,(H2,13,14);2*2-4H,1H3;3-5H,1-2H3;1H4;;1H2/q;;;;;;;;;+1;/p-1/b5-4-;3-2-;;;;;;4-3-;;;. The van der Waals surface area contributed by atoms with E-state index in [-0.39, 0.29) is 105 Å². The summed E-state index contributed by atoms with van der Waals surface area (Å²) in [5.74, 6) is -1.45. The molecule has 678 valence electrons. The molecule has 0 radical (unpaired) electrons. The van der Waals surface area contributed by atoms with E-state index in [4.69, 9.17) is 36.6 Å². The summed E-state index contributed by atoms with van der Waals surface area (Å²) in [4.78, 5) is 43.9. The first-order valence-electron chi connectivity index (χ1n) is 34.7. The van der Waals surface area contributed by atoms with Gasteiger partial charge in [0, 0.05) is 58.4 Å².